The molecule has 0 fully saturated rings. The predicted molar refractivity (Wildman–Crippen MR) is 59.8 cm³/mol. The van der Waals surface area contributed by atoms with Gasteiger partial charge in [0.25, 0.3) is 0 Å². The summed E-state index contributed by atoms with van der Waals surface area (Å²) in [5.41, 5.74) is 0.963. The van der Waals surface area contributed by atoms with Gasteiger partial charge < -0.3 is 14.6 Å². The highest BCUT2D eigenvalue weighted by Gasteiger charge is 1.94. The van der Waals surface area contributed by atoms with Gasteiger partial charge in [-0.05, 0) is 17.7 Å². The number of benzene rings is 1. The van der Waals surface area contributed by atoms with Gasteiger partial charge in [0.15, 0.2) is 0 Å². The van der Waals surface area contributed by atoms with Crippen molar-refractivity contribution < 1.29 is 14.6 Å². The maximum absolute atomic E-state index is 10.2. The second-order valence-electron chi connectivity index (χ2n) is 2.79. The summed E-state index contributed by atoms with van der Waals surface area (Å²) >= 11 is 3.27. The van der Waals surface area contributed by atoms with E-state index in [0.717, 1.165) is 10.9 Å². The van der Waals surface area contributed by atoms with E-state index in [1.54, 1.807) is 18.2 Å². The van der Waals surface area contributed by atoms with Crippen LogP contribution in [0, 0.1) is 0 Å². The van der Waals surface area contributed by atoms with Crippen LogP contribution in [-0.4, -0.2) is 17.9 Å². The van der Waals surface area contributed by atoms with Gasteiger partial charge in [0.1, 0.15) is 12.4 Å². The molecule has 0 unspecified atom stereocenters. The van der Waals surface area contributed by atoms with Crippen LogP contribution in [0.15, 0.2) is 30.3 Å². The normalized spacial score (nSPS) is 10.5. The van der Waals surface area contributed by atoms with Gasteiger partial charge in [-0.1, -0.05) is 40.2 Å². The fraction of sp³-hybridized carbons (Fsp3) is 0.182. The first kappa shape index (κ1) is 11.8. The SMILES string of the molecule is O=C([O-])COc1cccc(/C=C/CBr)c1. The molecule has 3 nitrogen and oxygen atoms in total. The van der Waals surface area contributed by atoms with Crippen molar-refractivity contribution >= 4 is 28.0 Å². The summed E-state index contributed by atoms with van der Waals surface area (Å²) in [6.45, 7) is -0.425. The third-order valence-electron chi connectivity index (χ3n) is 1.61. The first-order chi connectivity index (χ1) is 7.22. The smallest absolute Gasteiger partial charge is 0.128 e. The Morgan fingerprint density at radius 2 is 2.33 bits per heavy atom. The molecule has 0 spiro atoms. The number of carboxylic acids is 1. The van der Waals surface area contributed by atoms with Crippen LogP contribution in [0.3, 0.4) is 0 Å². The standard InChI is InChI=1S/C11H11BrO3/c12-6-2-4-9-3-1-5-10(7-9)15-8-11(13)14/h1-5,7H,6,8H2,(H,13,14)/p-1/b4-2+. The Balaban J connectivity index is 2.65. The summed E-state index contributed by atoms with van der Waals surface area (Å²) in [6.07, 6.45) is 3.86. The van der Waals surface area contributed by atoms with Crippen LogP contribution in [-0.2, 0) is 4.79 Å². The zero-order chi connectivity index (χ0) is 11.1. The van der Waals surface area contributed by atoms with Crippen LogP contribution in [0.25, 0.3) is 6.08 Å². The van der Waals surface area contributed by atoms with E-state index >= 15 is 0 Å². The van der Waals surface area contributed by atoms with Gasteiger partial charge in [0, 0.05) is 5.33 Å². The molecule has 0 N–H and O–H groups in total. The lowest BCUT2D eigenvalue weighted by molar-refractivity contribution is -0.307. The van der Waals surface area contributed by atoms with Crippen molar-refractivity contribution in [1.29, 1.82) is 0 Å². The Labute approximate surface area is 96.5 Å². The van der Waals surface area contributed by atoms with Crippen LogP contribution < -0.4 is 9.84 Å². The predicted octanol–water partition coefficient (Wildman–Crippen LogP) is 1.22. The molecule has 1 aromatic rings. The first-order valence-corrected chi connectivity index (χ1v) is 5.49. The Kier molecular flexibility index (Phi) is 4.90. The molecule has 15 heavy (non-hydrogen) atoms. The molecule has 4 heteroatoms. The van der Waals surface area contributed by atoms with Gasteiger partial charge in [-0.2, -0.15) is 0 Å². The lowest BCUT2D eigenvalue weighted by Crippen LogP contribution is -2.28. The number of hydrogen-bond donors (Lipinski definition) is 0. The van der Waals surface area contributed by atoms with Gasteiger partial charge in [0.05, 0.1) is 5.97 Å². The maximum Gasteiger partial charge on any atom is 0.128 e. The van der Waals surface area contributed by atoms with E-state index in [0.29, 0.717) is 5.75 Å². The molecular formula is C11H10BrO3-. The topological polar surface area (TPSA) is 49.4 Å². The van der Waals surface area contributed by atoms with Crippen LogP contribution in [0.2, 0.25) is 0 Å². The average Bonchev–Trinajstić information content (AvgIpc) is 2.24. The van der Waals surface area contributed by atoms with Crippen molar-refractivity contribution in [3.05, 3.63) is 35.9 Å². The third kappa shape index (κ3) is 4.65. The molecule has 1 aromatic carbocycles. The molecule has 80 valence electrons. The van der Waals surface area contributed by atoms with E-state index in [1.165, 1.54) is 0 Å². The minimum atomic E-state index is -1.23. The zero-order valence-electron chi connectivity index (χ0n) is 7.98. The van der Waals surface area contributed by atoms with Gasteiger partial charge in [-0.25, -0.2) is 0 Å². The minimum absolute atomic E-state index is 0.425. The van der Waals surface area contributed by atoms with Crippen molar-refractivity contribution in [3.63, 3.8) is 0 Å². The molecule has 0 aromatic heterocycles. The van der Waals surface area contributed by atoms with E-state index in [-0.39, 0.29) is 0 Å². The highest BCUT2D eigenvalue weighted by Crippen LogP contribution is 2.14. The Hall–Kier alpha value is -1.29. The summed E-state index contributed by atoms with van der Waals surface area (Å²) in [7, 11) is 0. The lowest BCUT2D eigenvalue weighted by Gasteiger charge is -2.06. The molecule has 0 bridgehead atoms. The second kappa shape index (κ2) is 6.24. The maximum atomic E-state index is 10.2. The number of carboxylic acid groups (broad SMARTS) is 1. The molecule has 0 heterocycles. The van der Waals surface area contributed by atoms with Crippen molar-refractivity contribution in [3.8, 4) is 5.75 Å². The van der Waals surface area contributed by atoms with E-state index in [4.69, 9.17) is 4.74 Å². The molecule has 0 amide bonds. The quantitative estimate of drug-likeness (QED) is 0.756. The number of aliphatic carboxylic acids is 1. The number of alkyl halides is 1. The van der Waals surface area contributed by atoms with Gasteiger partial charge in [0.2, 0.25) is 0 Å². The summed E-state index contributed by atoms with van der Waals surface area (Å²) in [5.74, 6) is -0.702. The number of ether oxygens (including phenoxy) is 1. The fourth-order valence-corrected chi connectivity index (χ4v) is 1.22. The molecule has 0 atom stereocenters. The molecule has 0 aliphatic carbocycles. The lowest BCUT2D eigenvalue weighted by atomic mass is 10.2. The highest BCUT2D eigenvalue weighted by atomic mass is 79.9. The van der Waals surface area contributed by atoms with E-state index in [2.05, 4.69) is 15.9 Å². The van der Waals surface area contributed by atoms with Crippen molar-refractivity contribution in [2.24, 2.45) is 0 Å². The molecular weight excluding hydrogens is 260 g/mol. The van der Waals surface area contributed by atoms with Crippen LogP contribution in [0.4, 0.5) is 0 Å². The van der Waals surface area contributed by atoms with E-state index in [9.17, 15) is 9.90 Å². The Morgan fingerprint density at radius 3 is 3.00 bits per heavy atom. The first-order valence-electron chi connectivity index (χ1n) is 4.37. The summed E-state index contributed by atoms with van der Waals surface area (Å²) < 4.78 is 4.98. The third-order valence-corrected chi connectivity index (χ3v) is 1.99. The number of carbonyl (C=O) groups excluding carboxylic acids is 1. The Bertz CT molecular complexity index is 361. The largest absolute Gasteiger partial charge is 0.546 e. The van der Waals surface area contributed by atoms with Crippen LogP contribution in [0.5, 0.6) is 5.75 Å². The number of rotatable bonds is 5. The van der Waals surface area contributed by atoms with Gasteiger partial charge in [-0.3, -0.25) is 0 Å². The fourth-order valence-electron chi connectivity index (χ4n) is 1.03. The average molecular weight is 270 g/mol. The minimum Gasteiger partial charge on any atom is -0.546 e. The summed E-state index contributed by atoms with van der Waals surface area (Å²) in [6, 6.07) is 7.18. The van der Waals surface area contributed by atoms with Crippen LogP contribution >= 0.6 is 15.9 Å². The molecule has 0 saturated carbocycles. The van der Waals surface area contributed by atoms with Crippen molar-refractivity contribution in [2.75, 3.05) is 11.9 Å². The molecule has 0 saturated heterocycles. The number of halogens is 1. The molecule has 0 radical (unpaired) electrons. The number of carbonyl (C=O) groups is 1. The molecule has 0 aliphatic rings. The van der Waals surface area contributed by atoms with Crippen molar-refractivity contribution in [1.82, 2.24) is 0 Å². The van der Waals surface area contributed by atoms with Crippen molar-refractivity contribution in [2.45, 2.75) is 0 Å². The molecule has 0 aliphatic heterocycles. The number of allylic oxidation sites excluding steroid dienone is 1. The Morgan fingerprint density at radius 1 is 1.53 bits per heavy atom. The highest BCUT2D eigenvalue weighted by molar-refractivity contribution is 9.09. The van der Waals surface area contributed by atoms with Gasteiger partial charge in [-0.15, -0.1) is 0 Å². The second-order valence-corrected chi connectivity index (χ2v) is 3.44. The van der Waals surface area contributed by atoms with Crippen LogP contribution in [0.1, 0.15) is 5.56 Å². The summed E-state index contributed by atoms with van der Waals surface area (Å²) in [4.78, 5) is 10.2. The van der Waals surface area contributed by atoms with Gasteiger partial charge >= 0.3 is 0 Å². The number of hydrogen-bond acceptors (Lipinski definition) is 3. The van der Waals surface area contributed by atoms with E-state index in [1.807, 2.05) is 18.2 Å². The summed E-state index contributed by atoms with van der Waals surface area (Å²) in [5, 5.41) is 10.9. The van der Waals surface area contributed by atoms with E-state index < -0.39 is 12.6 Å². The molecule has 1 rings (SSSR count). The zero-order valence-corrected chi connectivity index (χ0v) is 9.57. The monoisotopic (exact) mass is 269 g/mol.